The van der Waals surface area contributed by atoms with Crippen LogP contribution in [0, 0.1) is 0 Å². The molecule has 4 nitrogen and oxygen atoms in total. The van der Waals surface area contributed by atoms with Crippen molar-refractivity contribution >= 4 is 16.9 Å². The van der Waals surface area contributed by atoms with Gasteiger partial charge >= 0.3 is 0 Å². The summed E-state index contributed by atoms with van der Waals surface area (Å²) >= 11 is 0. The van der Waals surface area contributed by atoms with Crippen molar-refractivity contribution in [2.24, 2.45) is 0 Å². The molecular weight excluding hydrogens is 296 g/mol. The Labute approximate surface area is 140 Å². The highest BCUT2D eigenvalue weighted by Crippen LogP contribution is 2.23. The summed E-state index contributed by atoms with van der Waals surface area (Å²) in [5, 5.41) is 4.56. The van der Waals surface area contributed by atoms with Gasteiger partial charge in [0.1, 0.15) is 0 Å². The lowest BCUT2D eigenvalue weighted by Gasteiger charge is -2.05. The first-order valence-corrected chi connectivity index (χ1v) is 8.02. The highest BCUT2D eigenvalue weighted by atomic mass is 15.1. The van der Waals surface area contributed by atoms with E-state index in [9.17, 15) is 0 Å². The Morgan fingerprint density at radius 2 is 1.58 bits per heavy atom. The van der Waals surface area contributed by atoms with Crippen LogP contribution in [-0.4, -0.2) is 14.5 Å². The second-order valence-electron chi connectivity index (χ2n) is 5.71. The molecule has 0 saturated heterocycles. The molecule has 1 N–H and O–H groups in total. The molecular formula is C20H18N4. The molecule has 2 aromatic carbocycles. The summed E-state index contributed by atoms with van der Waals surface area (Å²) in [5.74, 6) is 0.650. The number of anilines is 1. The number of hydrogen-bond donors (Lipinski definition) is 1. The first-order chi connectivity index (χ1) is 11.9. The summed E-state index contributed by atoms with van der Waals surface area (Å²) in [6.07, 6.45) is 5.70. The van der Waals surface area contributed by atoms with E-state index in [-0.39, 0.29) is 0 Å². The van der Waals surface area contributed by atoms with Crippen LogP contribution < -0.4 is 5.32 Å². The van der Waals surface area contributed by atoms with Gasteiger partial charge in [-0.25, -0.2) is 9.97 Å². The summed E-state index contributed by atoms with van der Waals surface area (Å²) in [7, 11) is 0. The third kappa shape index (κ3) is 2.99. The van der Waals surface area contributed by atoms with Crippen LogP contribution >= 0.6 is 0 Å². The second kappa shape index (κ2) is 6.54. The molecule has 2 heterocycles. The van der Waals surface area contributed by atoms with Crippen LogP contribution in [0.5, 0.6) is 0 Å². The van der Waals surface area contributed by atoms with Gasteiger partial charge < -0.3 is 9.88 Å². The van der Waals surface area contributed by atoms with Crippen molar-refractivity contribution in [1.82, 2.24) is 14.5 Å². The highest BCUT2D eigenvalue weighted by Gasteiger charge is 2.08. The largest absolute Gasteiger partial charge is 0.350 e. The third-order valence-corrected chi connectivity index (χ3v) is 4.07. The van der Waals surface area contributed by atoms with Gasteiger partial charge in [-0.15, -0.1) is 0 Å². The van der Waals surface area contributed by atoms with E-state index >= 15 is 0 Å². The molecule has 0 saturated carbocycles. The van der Waals surface area contributed by atoms with Gasteiger partial charge in [-0.2, -0.15) is 0 Å². The Hall–Kier alpha value is -3.14. The van der Waals surface area contributed by atoms with Crippen molar-refractivity contribution in [2.75, 3.05) is 5.32 Å². The maximum Gasteiger partial charge on any atom is 0.222 e. The molecule has 0 aliphatic heterocycles. The fraction of sp³-hybridized carbons (Fsp3) is 0.100. The molecule has 0 aliphatic carbocycles. The van der Waals surface area contributed by atoms with Gasteiger partial charge in [0.15, 0.2) is 0 Å². The topological polar surface area (TPSA) is 42.7 Å². The van der Waals surface area contributed by atoms with Crippen LogP contribution in [0.4, 0.5) is 5.95 Å². The Bertz CT molecular complexity index is 930. The standard InChI is InChI=1S/C20H18N4/c1-2-7-16(8-3-1)14-24-15-17(18-9-4-5-10-19(18)24)13-23-20-21-11-6-12-22-20/h1-12,15H,13-14H2,(H,21,22,23). The third-order valence-electron chi connectivity index (χ3n) is 4.07. The quantitative estimate of drug-likeness (QED) is 0.603. The van der Waals surface area contributed by atoms with E-state index in [0.29, 0.717) is 12.5 Å². The Morgan fingerprint density at radius 3 is 2.42 bits per heavy atom. The number of nitrogens with one attached hydrogen (secondary N) is 1. The molecule has 0 fully saturated rings. The van der Waals surface area contributed by atoms with Crippen LogP contribution in [0.25, 0.3) is 10.9 Å². The Kier molecular flexibility index (Phi) is 3.94. The van der Waals surface area contributed by atoms with E-state index in [2.05, 4.69) is 74.6 Å². The highest BCUT2D eigenvalue weighted by molar-refractivity contribution is 5.84. The minimum Gasteiger partial charge on any atom is -0.350 e. The molecule has 0 spiro atoms. The lowest BCUT2D eigenvalue weighted by molar-refractivity contribution is 0.831. The molecule has 0 amide bonds. The van der Waals surface area contributed by atoms with Gasteiger partial charge in [-0.05, 0) is 23.3 Å². The first kappa shape index (κ1) is 14.5. The van der Waals surface area contributed by atoms with Crippen LogP contribution in [-0.2, 0) is 13.1 Å². The summed E-state index contributed by atoms with van der Waals surface area (Å²) in [5.41, 5.74) is 3.78. The lowest BCUT2D eigenvalue weighted by Crippen LogP contribution is -2.02. The van der Waals surface area contributed by atoms with Crippen LogP contribution in [0.3, 0.4) is 0 Å². The molecule has 2 aromatic heterocycles. The molecule has 4 rings (SSSR count). The number of fused-ring (bicyclic) bond motifs is 1. The molecule has 24 heavy (non-hydrogen) atoms. The van der Waals surface area contributed by atoms with E-state index in [4.69, 9.17) is 0 Å². The number of rotatable bonds is 5. The van der Waals surface area contributed by atoms with Crippen molar-refractivity contribution in [3.8, 4) is 0 Å². The SMILES string of the molecule is c1ccc(Cn2cc(CNc3ncccn3)c3ccccc32)cc1. The predicted octanol–water partition coefficient (Wildman–Crippen LogP) is 4.09. The normalized spacial score (nSPS) is 10.8. The van der Waals surface area contributed by atoms with Gasteiger partial charge in [0.25, 0.3) is 0 Å². The van der Waals surface area contributed by atoms with Gasteiger partial charge in [0, 0.05) is 42.6 Å². The fourth-order valence-corrected chi connectivity index (χ4v) is 2.94. The molecule has 0 unspecified atom stereocenters. The molecule has 4 aromatic rings. The van der Waals surface area contributed by atoms with Gasteiger partial charge in [0.05, 0.1) is 0 Å². The lowest BCUT2D eigenvalue weighted by atomic mass is 10.2. The van der Waals surface area contributed by atoms with Crippen molar-refractivity contribution in [3.63, 3.8) is 0 Å². The van der Waals surface area contributed by atoms with Crippen molar-refractivity contribution in [3.05, 3.63) is 90.4 Å². The molecule has 0 aliphatic rings. The molecule has 0 atom stereocenters. The minimum absolute atomic E-state index is 0.650. The minimum atomic E-state index is 0.650. The molecule has 118 valence electrons. The fourth-order valence-electron chi connectivity index (χ4n) is 2.94. The average Bonchev–Trinajstić information content (AvgIpc) is 3.00. The Balaban J connectivity index is 1.64. The molecule has 0 radical (unpaired) electrons. The smallest absolute Gasteiger partial charge is 0.222 e. The predicted molar refractivity (Wildman–Crippen MR) is 96.8 cm³/mol. The zero-order valence-corrected chi connectivity index (χ0v) is 13.3. The Morgan fingerprint density at radius 1 is 0.833 bits per heavy atom. The van der Waals surface area contributed by atoms with Gasteiger partial charge in [0.2, 0.25) is 5.95 Å². The summed E-state index contributed by atoms with van der Waals surface area (Å²) < 4.78 is 2.30. The van der Waals surface area contributed by atoms with E-state index in [1.165, 1.54) is 22.0 Å². The zero-order valence-electron chi connectivity index (χ0n) is 13.3. The summed E-state index contributed by atoms with van der Waals surface area (Å²) in [4.78, 5) is 8.44. The average molecular weight is 314 g/mol. The van der Waals surface area contributed by atoms with Crippen molar-refractivity contribution < 1.29 is 0 Å². The number of para-hydroxylation sites is 1. The van der Waals surface area contributed by atoms with Crippen molar-refractivity contribution in [2.45, 2.75) is 13.1 Å². The second-order valence-corrected chi connectivity index (χ2v) is 5.71. The molecule has 4 heteroatoms. The maximum absolute atomic E-state index is 4.22. The number of benzene rings is 2. The first-order valence-electron chi connectivity index (χ1n) is 8.02. The van der Waals surface area contributed by atoms with Crippen LogP contribution in [0.15, 0.2) is 79.3 Å². The molecule has 0 bridgehead atoms. The van der Waals surface area contributed by atoms with Crippen molar-refractivity contribution in [1.29, 1.82) is 0 Å². The van der Waals surface area contributed by atoms with Gasteiger partial charge in [-0.3, -0.25) is 0 Å². The number of aromatic nitrogens is 3. The number of nitrogens with zero attached hydrogens (tertiary/aromatic N) is 3. The van der Waals surface area contributed by atoms with Crippen LogP contribution in [0.1, 0.15) is 11.1 Å². The van der Waals surface area contributed by atoms with Crippen LogP contribution in [0.2, 0.25) is 0 Å². The summed E-state index contributed by atoms with van der Waals surface area (Å²) in [6, 6.07) is 20.8. The van der Waals surface area contributed by atoms with E-state index in [1.807, 2.05) is 12.1 Å². The van der Waals surface area contributed by atoms with Gasteiger partial charge in [-0.1, -0.05) is 48.5 Å². The van der Waals surface area contributed by atoms with E-state index in [0.717, 1.165) is 6.54 Å². The summed E-state index contributed by atoms with van der Waals surface area (Å²) in [6.45, 7) is 1.56. The monoisotopic (exact) mass is 314 g/mol. The van der Waals surface area contributed by atoms with E-state index < -0.39 is 0 Å². The maximum atomic E-state index is 4.22. The number of hydrogen-bond acceptors (Lipinski definition) is 3. The zero-order chi connectivity index (χ0) is 16.2. The van der Waals surface area contributed by atoms with E-state index in [1.54, 1.807) is 12.4 Å².